The van der Waals surface area contributed by atoms with Crippen molar-refractivity contribution in [3.8, 4) is 0 Å². The Morgan fingerprint density at radius 1 is 1.00 bits per heavy atom. The molecule has 0 saturated heterocycles. The van der Waals surface area contributed by atoms with Gasteiger partial charge in [0.1, 0.15) is 0 Å². The van der Waals surface area contributed by atoms with Crippen LogP contribution in [0.4, 0.5) is 0 Å². The van der Waals surface area contributed by atoms with Crippen molar-refractivity contribution in [3.63, 3.8) is 0 Å². The van der Waals surface area contributed by atoms with Crippen LogP contribution in [0, 0.1) is 0 Å². The first-order valence-corrected chi connectivity index (χ1v) is 9.46. The molecule has 128 valence electrons. The van der Waals surface area contributed by atoms with Crippen molar-refractivity contribution in [2.45, 2.75) is 9.79 Å². The molecule has 0 spiro atoms. The zero-order valence-electron chi connectivity index (χ0n) is 12.0. The highest BCUT2D eigenvalue weighted by Crippen LogP contribution is 2.31. The van der Waals surface area contributed by atoms with Gasteiger partial charge in [0.2, 0.25) is 9.84 Å². The summed E-state index contributed by atoms with van der Waals surface area (Å²) in [5.74, 6) is -2.66. The van der Waals surface area contributed by atoms with Crippen molar-refractivity contribution in [2.75, 3.05) is 5.75 Å². The van der Waals surface area contributed by atoms with E-state index in [0.717, 1.165) is 0 Å². The fourth-order valence-electron chi connectivity index (χ4n) is 2.17. The van der Waals surface area contributed by atoms with E-state index in [0.29, 0.717) is 0 Å². The molecule has 0 aromatic heterocycles. The van der Waals surface area contributed by atoms with Gasteiger partial charge in [0.05, 0.1) is 9.79 Å². The molecular weight excluding hydrogens is 360 g/mol. The number of hydrogen-bond acceptors (Lipinski definition) is 7. The molecule has 8 nitrogen and oxygen atoms in total. The molecule has 10 heteroatoms. The molecule has 0 unspecified atom stereocenters. The molecule has 2 N–H and O–H groups in total. The van der Waals surface area contributed by atoms with E-state index in [1.54, 1.807) is 0 Å². The molecule has 2 rings (SSSR count). The molecule has 24 heavy (non-hydrogen) atoms. The van der Waals surface area contributed by atoms with Gasteiger partial charge in [-0.3, -0.25) is 4.79 Å². The first-order chi connectivity index (χ1) is 11.1. The van der Waals surface area contributed by atoms with Gasteiger partial charge in [0, 0.05) is 10.8 Å². The maximum absolute atomic E-state index is 12.3. The predicted octanol–water partition coefficient (Wildman–Crippen LogP) is 1.43. The van der Waals surface area contributed by atoms with E-state index in [2.05, 4.69) is 11.5 Å². The van der Waals surface area contributed by atoms with Crippen LogP contribution in [-0.2, 0) is 29.4 Å². The van der Waals surface area contributed by atoms with Crippen LogP contribution in [-0.4, -0.2) is 38.9 Å². The van der Waals surface area contributed by atoms with E-state index in [1.807, 2.05) is 0 Å². The second-order valence-electron chi connectivity index (χ2n) is 4.73. The van der Waals surface area contributed by atoms with Gasteiger partial charge in [-0.15, -0.1) is 0 Å². The van der Waals surface area contributed by atoms with Crippen LogP contribution in [0.3, 0.4) is 0 Å². The van der Waals surface area contributed by atoms with Crippen molar-refractivity contribution in [3.05, 3.63) is 48.1 Å². The van der Waals surface area contributed by atoms with Gasteiger partial charge in [-0.05, 0) is 18.7 Å². The average Bonchev–Trinajstić information content (AvgIpc) is 2.51. The first kappa shape index (κ1) is 17.9. The van der Waals surface area contributed by atoms with Crippen LogP contribution in [0.1, 0.15) is 0 Å². The summed E-state index contributed by atoms with van der Waals surface area (Å²) in [6, 6.07) is 7.67. The number of benzene rings is 2. The maximum Gasteiger partial charge on any atom is 0.319 e. The second-order valence-corrected chi connectivity index (χ2v) is 8.59. The summed E-state index contributed by atoms with van der Waals surface area (Å²) in [6.07, 6.45) is 0. The molecule has 0 bridgehead atoms. The van der Waals surface area contributed by atoms with Crippen molar-refractivity contribution in [1.29, 1.82) is 0 Å². The third kappa shape index (κ3) is 3.11. The minimum atomic E-state index is -4.28. The largest absolute Gasteiger partial charge is 0.480 e. The molecule has 0 aliphatic heterocycles. The van der Waals surface area contributed by atoms with Crippen molar-refractivity contribution in [1.82, 2.24) is 0 Å². The number of hydrogen-bond donors (Lipinski definition) is 2. The lowest BCUT2D eigenvalue weighted by atomic mass is 10.1. The summed E-state index contributed by atoms with van der Waals surface area (Å²) in [5, 5.41) is 16.4. The summed E-state index contributed by atoms with van der Waals surface area (Å²) in [7, 11) is -8.45. The predicted molar refractivity (Wildman–Crippen MR) is 83.7 cm³/mol. The van der Waals surface area contributed by atoms with Crippen LogP contribution in [0.5, 0.6) is 0 Å². The molecule has 0 aliphatic rings. The van der Waals surface area contributed by atoms with Gasteiger partial charge in [-0.2, -0.15) is 0 Å². The smallest absolute Gasteiger partial charge is 0.319 e. The first-order valence-electron chi connectivity index (χ1n) is 6.33. The van der Waals surface area contributed by atoms with E-state index in [1.165, 1.54) is 36.4 Å². The highest BCUT2D eigenvalue weighted by atomic mass is 32.2. The zero-order valence-corrected chi connectivity index (χ0v) is 13.7. The zero-order chi connectivity index (χ0) is 18.1. The van der Waals surface area contributed by atoms with Gasteiger partial charge in [-0.1, -0.05) is 24.3 Å². The van der Waals surface area contributed by atoms with Crippen molar-refractivity contribution >= 4 is 36.4 Å². The molecular formula is C14H12O8S2. The fourth-order valence-corrected chi connectivity index (χ4v) is 4.52. The summed E-state index contributed by atoms with van der Waals surface area (Å²) in [4.78, 5) is 13.8. The summed E-state index contributed by atoms with van der Waals surface area (Å²) < 4.78 is 49.0. The monoisotopic (exact) mass is 372 g/mol. The van der Waals surface area contributed by atoms with Gasteiger partial charge < -0.3 is 9.99 Å². The van der Waals surface area contributed by atoms with Crippen LogP contribution >= 0.6 is 0 Å². The van der Waals surface area contributed by atoms with Crippen LogP contribution < -0.4 is 0 Å². The molecule has 0 radical (unpaired) electrons. The normalized spacial score (nSPS) is 12.0. The quantitative estimate of drug-likeness (QED) is 0.442. The molecule has 0 aliphatic carbocycles. The van der Waals surface area contributed by atoms with E-state index in [9.17, 15) is 21.6 Å². The molecule has 0 saturated carbocycles. The average molecular weight is 372 g/mol. The highest BCUT2D eigenvalue weighted by Gasteiger charge is 2.26. The number of sulfone groups is 2. The van der Waals surface area contributed by atoms with E-state index in [-0.39, 0.29) is 20.6 Å². The summed E-state index contributed by atoms with van der Waals surface area (Å²) >= 11 is 0. The number of fused-ring (bicyclic) bond motifs is 1. The van der Waals surface area contributed by atoms with Crippen LogP contribution in [0.2, 0.25) is 0 Å². The number of rotatable bonds is 6. The van der Waals surface area contributed by atoms with E-state index < -0.39 is 36.5 Å². The number of carboxylic acid groups (broad SMARTS) is 1. The minimum Gasteiger partial charge on any atom is -0.480 e. The molecule has 2 aromatic rings. The molecule has 0 heterocycles. The lowest BCUT2D eigenvalue weighted by molar-refractivity contribution is -0.192. The fraction of sp³-hybridized carbons (Fsp3) is 0.0714. The summed E-state index contributed by atoms with van der Waals surface area (Å²) in [6.45, 7) is 3.08. The van der Waals surface area contributed by atoms with Gasteiger partial charge in [-0.25, -0.2) is 22.1 Å². The molecule has 0 atom stereocenters. The topological polar surface area (TPSA) is 135 Å². The second kappa shape index (κ2) is 6.23. The molecule has 0 amide bonds. The Kier molecular flexibility index (Phi) is 4.65. The number of carboxylic acids is 1. The standard InChI is InChI=1S/C14H12O8S2/c1-9(22-17)24(20,21)13-7-3-4-10-11(13)5-2-6-12(10)23(18,19)8-14(15)16/h2-7,17H,1,8H2,(H,15,16). The van der Waals surface area contributed by atoms with Crippen molar-refractivity contribution < 1.29 is 36.9 Å². The Hall–Kier alpha value is -2.43. The SMILES string of the molecule is C=C(OO)S(=O)(=O)c1cccc2c(S(=O)(=O)CC(=O)O)cccc12. The van der Waals surface area contributed by atoms with Crippen LogP contribution in [0.15, 0.2) is 57.9 Å². The Bertz CT molecular complexity index is 1040. The lowest BCUT2D eigenvalue weighted by Crippen LogP contribution is -2.16. The minimum absolute atomic E-state index is 0.0298. The van der Waals surface area contributed by atoms with Gasteiger partial charge in [0.15, 0.2) is 15.6 Å². The maximum atomic E-state index is 12.3. The molecule has 2 aromatic carbocycles. The van der Waals surface area contributed by atoms with Crippen molar-refractivity contribution in [2.24, 2.45) is 0 Å². The van der Waals surface area contributed by atoms with E-state index in [4.69, 9.17) is 10.4 Å². The van der Waals surface area contributed by atoms with Crippen LogP contribution in [0.25, 0.3) is 10.8 Å². The van der Waals surface area contributed by atoms with Gasteiger partial charge in [0.25, 0.3) is 5.09 Å². The third-order valence-corrected chi connectivity index (χ3v) is 6.44. The Labute approximate surface area is 137 Å². The summed E-state index contributed by atoms with van der Waals surface area (Å²) in [5.41, 5.74) is 0. The Morgan fingerprint density at radius 3 is 2.00 bits per heavy atom. The Balaban J connectivity index is 2.82. The highest BCUT2D eigenvalue weighted by molar-refractivity contribution is 7.95. The van der Waals surface area contributed by atoms with E-state index >= 15 is 0 Å². The number of aliphatic carboxylic acids is 1. The van der Waals surface area contributed by atoms with Gasteiger partial charge >= 0.3 is 5.97 Å². The Morgan fingerprint density at radius 2 is 1.50 bits per heavy atom. The number of carbonyl (C=O) groups is 1. The molecule has 0 fully saturated rings. The lowest BCUT2D eigenvalue weighted by Gasteiger charge is -2.11. The third-order valence-electron chi connectivity index (χ3n) is 3.18.